The normalized spacial score (nSPS) is 12.4. The Labute approximate surface area is 338 Å². The maximum atomic E-state index is 11.3. The van der Waals surface area contributed by atoms with Gasteiger partial charge in [-0.1, -0.05) is 160 Å². The molecule has 4 aromatic carbocycles. The number of hydrogen-bond donors (Lipinski definition) is 3. The van der Waals surface area contributed by atoms with Crippen molar-refractivity contribution >= 4 is 41.2 Å². The summed E-state index contributed by atoms with van der Waals surface area (Å²) in [6.07, 6.45) is 2.03. The van der Waals surface area contributed by atoms with E-state index in [2.05, 4.69) is 9.89 Å². The van der Waals surface area contributed by atoms with Gasteiger partial charge in [0.25, 0.3) is 0 Å². The van der Waals surface area contributed by atoms with Gasteiger partial charge in [0, 0.05) is 24.0 Å². The molecule has 4 aromatic rings. The van der Waals surface area contributed by atoms with Gasteiger partial charge in [-0.2, -0.15) is 0 Å². The number of aryl methyl sites for hydroxylation is 1. The van der Waals surface area contributed by atoms with Crippen molar-refractivity contribution < 1.29 is 48.9 Å². The lowest BCUT2D eigenvalue weighted by Gasteiger charge is -2.12. The van der Waals surface area contributed by atoms with E-state index in [-0.39, 0.29) is 44.8 Å². The van der Waals surface area contributed by atoms with Crippen molar-refractivity contribution in [2.45, 2.75) is 102 Å². The lowest BCUT2D eigenvalue weighted by atomic mass is 10.0. The van der Waals surface area contributed by atoms with Crippen molar-refractivity contribution in [2.75, 3.05) is 0 Å². The van der Waals surface area contributed by atoms with E-state index in [1.165, 1.54) is 17.7 Å². The van der Waals surface area contributed by atoms with Crippen LogP contribution in [0, 0.1) is 0 Å². The summed E-state index contributed by atoms with van der Waals surface area (Å²) in [5.74, 6) is -3.00. The monoisotopic (exact) mass is 787 g/mol. The summed E-state index contributed by atoms with van der Waals surface area (Å²) in [4.78, 5) is 65.2. The van der Waals surface area contributed by atoms with E-state index in [1.54, 1.807) is 48.5 Å². The highest BCUT2D eigenvalue weighted by Gasteiger charge is 2.26. The van der Waals surface area contributed by atoms with Gasteiger partial charge < -0.3 is 20.2 Å². The van der Waals surface area contributed by atoms with Crippen LogP contribution in [0.25, 0.3) is 0 Å². The Morgan fingerprint density at radius 3 is 1.54 bits per heavy atom. The second-order valence-electron chi connectivity index (χ2n) is 10.4. The zero-order chi connectivity index (χ0) is 41.9. The second kappa shape index (κ2) is 31.0. The van der Waals surface area contributed by atoms with Crippen LogP contribution in [0.1, 0.15) is 140 Å². The van der Waals surface area contributed by atoms with Crippen LogP contribution >= 0.6 is 0 Å². The van der Waals surface area contributed by atoms with Crippen molar-refractivity contribution in [3.63, 3.8) is 0 Å². The molecule has 310 valence electrons. The summed E-state index contributed by atoms with van der Waals surface area (Å²) in [7, 11) is 0. The molecular weight excluding hydrogens is 727 g/mol. The lowest BCUT2D eigenvalue weighted by Crippen LogP contribution is -2.22. The number of benzene rings is 4. The second-order valence-corrected chi connectivity index (χ2v) is 10.4. The molecule has 0 fully saturated rings. The number of carboxylic acid groups (broad SMARTS) is 2. The van der Waals surface area contributed by atoms with Gasteiger partial charge in [0.2, 0.25) is 5.78 Å². The minimum Gasteiger partial charge on any atom is -0.481 e. The van der Waals surface area contributed by atoms with Crippen molar-refractivity contribution in [1.29, 1.82) is 0 Å². The first-order valence-corrected chi connectivity index (χ1v) is 18.4. The minimum absolute atomic E-state index is 0. The number of fused-ring (bicyclic) bond motifs is 3. The van der Waals surface area contributed by atoms with Crippen molar-refractivity contribution in [1.82, 2.24) is 0 Å². The first kappa shape index (κ1) is 55.1. The van der Waals surface area contributed by atoms with Gasteiger partial charge in [-0.05, 0) is 40.8 Å². The minimum atomic E-state index is -1.10. The smallest absolute Gasteiger partial charge is 0.346 e. The van der Waals surface area contributed by atoms with Crippen molar-refractivity contribution in [3.8, 4) is 0 Å². The number of ether oxygens (including phenoxy) is 1. The molecule has 0 saturated carbocycles. The molecule has 11 heteroatoms. The number of carbonyl (C=O) groups is 6. The molecule has 57 heavy (non-hydrogen) atoms. The molecular formula is C46H61NO10. The number of rotatable bonds is 3. The third-order valence-electron chi connectivity index (χ3n) is 7.31. The van der Waals surface area contributed by atoms with Crippen LogP contribution in [-0.2, 0) is 40.0 Å². The Hall–Kier alpha value is -6.23. The Balaban J connectivity index is -0.000000637. The number of Topliss-reactive ketones (excluding diaryl/α,β-unsaturated/α-hetero) is 2. The predicted octanol–water partition coefficient (Wildman–Crippen LogP) is 10.4. The van der Waals surface area contributed by atoms with Crippen molar-refractivity contribution in [3.05, 3.63) is 142 Å². The molecule has 0 radical (unpaired) electrons. The van der Waals surface area contributed by atoms with E-state index in [0.29, 0.717) is 35.3 Å². The van der Waals surface area contributed by atoms with E-state index in [4.69, 9.17) is 15.4 Å². The summed E-state index contributed by atoms with van der Waals surface area (Å²) in [6, 6.07) is 28.1. The average Bonchev–Trinajstić information content (AvgIpc) is 3.77. The third-order valence-corrected chi connectivity index (χ3v) is 7.31. The molecule has 3 aliphatic rings. The van der Waals surface area contributed by atoms with E-state index in [1.807, 2.05) is 91.8 Å². The molecule has 0 atom stereocenters. The molecule has 0 bridgehead atoms. The molecule has 1 aliphatic heterocycles. The number of ketones is 2. The molecule has 0 saturated heterocycles. The van der Waals surface area contributed by atoms with Crippen LogP contribution in [0.3, 0.4) is 0 Å². The SMILES string of the molecule is C.C.CC.CC.CC.CC.O=C(O)Cc1ccccc1C(=O)O.O=C1/C(=N\O)Cc2ccccc21.O=C1CCc2ccccc21.O=C1Cc2ccccc2C(=O)O1. The highest BCUT2D eigenvalue weighted by atomic mass is 16.6. The zero-order valence-corrected chi connectivity index (χ0v) is 32.9. The molecule has 0 amide bonds. The number of hydrogen-bond acceptors (Lipinski definition) is 9. The van der Waals surface area contributed by atoms with E-state index >= 15 is 0 Å². The number of carboxylic acids is 2. The van der Waals surface area contributed by atoms with Gasteiger partial charge in [0.05, 0.1) is 24.0 Å². The zero-order valence-electron chi connectivity index (χ0n) is 32.9. The fraction of sp³-hybridized carbons (Fsp3) is 0.326. The number of aliphatic carboxylic acids is 1. The Morgan fingerprint density at radius 1 is 0.596 bits per heavy atom. The molecule has 11 nitrogen and oxygen atoms in total. The lowest BCUT2D eigenvalue weighted by molar-refractivity contribution is -0.138. The maximum Gasteiger partial charge on any atom is 0.346 e. The Kier molecular flexibility index (Phi) is 30.0. The molecule has 3 N–H and O–H groups in total. The number of aromatic carboxylic acids is 1. The van der Waals surface area contributed by atoms with Crippen LogP contribution < -0.4 is 0 Å². The Morgan fingerprint density at radius 2 is 1.05 bits per heavy atom. The summed E-state index contributed by atoms with van der Waals surface area (Å²) in [5, 5.41) is 28.6. The molecule has 0 unspecified atom stereocenters. The van der Waals surface area contributed by atoms with Crippen LogP contribution in [0.5, 0.6) is 0 Å². The van der Waals surface area contributed by atoms with Gasteiger partial charge in [0.1, 0.15) is 5.71 Å². The number of carbonyl (C=O) groups excluding carboxylic acids is 4. The van der Waals surface area contributed by atoms with Gasteiger partial charge in [-0.3, -0.25) is 19.2 Å². The highest BCUT2D eigenvalue weighted by Crippen LogP contribution is 2.21. The van der Waals surface area contributed by atoms with Crippen LogP contribution in [-0.4, -0.2) is 56.6 Å². The quantitative estimate of drug-likeness (QED) is 0.0781. The summed E-state index contributed by atoms with van der Waals surface area (Å²) in [5.41, 5.74) is 5.59. The number of esters is 2. The summed E-state index contributed by atoms with van der Waals surface area (Å²) in [6.45, 7) is 16.0. The maximum absolute atomic E-state index is 11.3. The number of cyclic esters (lactones) is 2. The van der Waals surface area contributed by atoms with E-state index in [0.717, 1.165) is 23.1 Å². The number of nitrogens with zero attached hydrogens (tertiary/aromatic N) is 1. The largest absolute Gasteiger partial charge is 0.481 e. The van der Waals surface area contributed by atoms with Gasteiger partial charge >= 0.3 is 23.9 Å². The molecule has 0 aromatic heterocycles. The molecule has 0 spiro atoms. The highest BCUT2D eigenvalue weighted by molar-refractivity contribution is 6.49. The topological polar surface area (TPSA) is 185 Å². The molecule has 2 aliphatic carbocycles. The van der Waals surface area contributed by atoms with Crippen LogP contribution in [0.4, 0.5) is 0 Å². The van der Waals surface area contributed by atoms with Gasteiger partial charge in [0.15, 0.2) is 5.78 Å². The van der Waals surface area contributed by atoms with Crippen LogP contribution in [0.2, 0.25) is 0 Å². The summed E-state index contributed by atoms with van der Waals surface area (Å²) < 4.78 is 4.43. The van der Waals surface area contributed by atoms with E-state index in [9.17, 15) is 28.8 Å². The standard InChI is InChI=1S/C9H7NO2.C9H8O4.C9H6O3.C9H8O.4C2H6.2CH4/c11-9-7-4-2-1-3-6(7)5-8(9)10-12;10-8(11)5-6-3-1-2-4-7(6)9(12)13;10-8-5-6-3-1-2-4-7(6)9(11)12-8;10-9-6-5-7-3-1-2-4-8(7)9;4*1-2;;/h1-4,12H,5H2;1-4H,5H2,(H,10,11)(H,12,13);1-4H,5H2;1-4H,5-6H2;4*1-2H3;2*1H4/b10-8-;;;;;;;;;. The molecule has 1 heterocycles. The van der Waals surface area contributed by atoms with Crippen molar-refractivity contribution in [2.24, 2.45) is 5.16 Å². The Bertz CT molecular complexity index is 1900. The number of oxime groups is 1. The summed E-state index contributed by atoms with van der Waals surface area (Å²) >= 11 is 0. The van der Waals surface area contributed by atoms with Gasteiger partial charge in [-0.25, -0.2) is 9.59 Å². The first-order valence-electron chi connectivity index (χ1n) is 18.4. The molecule has 7 rings (SSSR count). The van der Waals surface area contributed by atoms with Crippen LogP contribution in [0.15, 0.2) is 102 Å². The van der Waals surface area contributed by atoms with Gasteiger partial charge in [-0.15, -0.1) is 0 Å². The fourth-order valence-electron chi connectivity index (χ4n) is 5.06. The van der Waals surface area contributed by atoms with E-state index < -0.39 is 23.9 Å². The fourth-order valence-corrected chi connectivity index (χ4v) is 5.06. The first-order chi connectivity index (χ1) is 26.6. The average molecular weight is 788 g/mol. The predicted molar refractivity (Wildman–Crippen MR) is 227 cm³/mol. The third kappa shape index (κ3) is 17.4.